The SMILES string of the molecule is Cc1nc(SCc2cc(N)cc(Br)c2)nc(C)c1C. The summed E-state index contributed by atoms with van der Waals surface area (Å²) in [6.45, 7) is 6.09. The molecule has 1 aromatic carbocycles. The number of benzene rings is 1. The Bertz CT molecular complexity index is 570. The Kier molecular flexibility index (Phi) is 4.47. The van der Waals surface area contributed by atoms with Crippen LogP contribution in [0.4, 0.5) is 5.69 Å². The highest BCUT2D eigenvalue weighted by Crippen LogP contribution is 2.25. The lowest BCUT2D eigenvalue weighted by atomic mass is 10.2. The molecule has 0 atom stereocenters. The van der Waals surface area contributed by atoms with E-state index >= 15 is 0 Å². The van der Waals surface area contributed by atoms with Gasteiger partial charge in [0.2, 0.25) is 0 Å². The monoisotopic (exact) mass is 337 g/mol. The van der Waals surface area contributed by atoms with E-state index in [1.165, 1.54) is 0 Å². The highest BCUT2D eigenvalue weighted by Gasteiger charge is 2.06. The first kappa shape index (κ1) is 14.3. The number of nitrogens with two attached hydrogens (primary N) is 1. The molecule has 1 aromatic heterocycles. The first-order valence-corrected chi connectivity index (χ1v) is 7.73. The van der Waals surface area contributed by atoms with E-state index in [0.29, 0.717) is 0 Å². The third kappa shape index (κ3) is 3.70. The summed E-state index contributed by atoms with van der Waals surface area (Å²) in [5, 5.41) is 0.819. The first-order chi connectivity index (χ1) is 8.95. The molecule has 0 fully saturated rings. The fraction of sp³-hybridized carbons (Fsp3) is 0.286. The summed E-state index contributed by atoms with van der Waals surface area (Å²) >= 11 is 5.08. The van der Waals surface area contributed by atoms with Crippen molar-refractivity contribution in [1.82, 2.24) is 9.97 Å². The molecule has 0 spiro atoms. The molecule has 2 rings (SSSR count). The lowest BCUT2D eigenvalue weighted by molar-refractivity contribution is 0.880. The van der Waals surface area contributed by atoms with Crippen LogP contribution in [0.2, 0.25) is 0 Å². The van der Waals surface area contributed by atoms with Gasteiger partial charge in [0.1, 0.15) is 0 Å². The third-order valence-corrected chi connectivity index (χ3v) is 4.34. The van der Waals surface area contributed by atoms with Gasteiger partial charge in [-0.2, -0.15) is 0 Å². The van der Waals surface area contributed by atoms with E-state index in [9.17, 15) is 0 Å². The van der Waals surface area contributed by atoms with Crippen molar-refractivity contribution >= 4 is 33.4 Å². The number of aromatic nitrogens is 2. The van der Waals surface area contributed by atoms with Crippen LogP contribution in [-0.4, -0.2) is 9.97 Å². The second kappa shape index (κ2) is 5.92. The summed E-state index contributed by atoms with van der Waals surface area (Å²) < 4.78 is 1.00. The van der Waals surface area contributed by atoms with Crippen LogP contribution >= 0.6 is 27.7 Å². The maximum absolute atomic E-state index is 5.83. The zero-order chi connectivity index (χ0) is 14.0. The Morgan fingerprint density at radius 1 is 1.11 bits per heavy atom. The lowest BCUT2D eigenvalue weighted by Crippen LogP contribution is -1.98. The van der Waals surface area contributed by atoms with Crippen LogP contribution in [0.25, 0.3) is 0 Å². The minimum absolute atomic E-state index is 0.766. The minimum Gasteiger partial charge on any atom is -0.399 e. The van der Waals surface area contributed by atoms with Crippen molar-refractivity contribution < 1.29 is 0 Å². The Morgan fingerprint density at radius 3 is 2.32 bits per heavy atom. The summed E-state index contributed by atoms with van der Waals surface area (Å²) in [5.41, 5.74) is 11.0. The summed E-state index contributed by atoms with van der Waals surface area (Å²) in [6.07, 6.45) is 0. The maximum Gasteiger partial charge on any atom is 0.188 e. The molecule has 19 heavy (non-hydrogen) atoms. The van der Waals surface area contributed by atoms with Gasteiger partial charge in [0.05, 0.1) is 0 Å². The zero-order valence-corrected chi connectivity index (χ0v) is 13.6. The van der Waals surface area contributed by atoms with Crippen molar-refractivity contribution in [1.29, 1.82) is 0 Å². The number of aryl methyl sites for hydroxylation is 2. The molecular formula is C14H16BrN3S. The summed E-state index contributed by atoms with van der Waals surface area (Å²) in [4.78, 5) is 9.00. The Balaban J connectivity index is 2.14. The quantitative estimate of drug-likeness (QED) is 0.521. The van der Waals surface area contributed by atoms with Gasteiger partial charge in [-0.05, 0) is 50.1 Å². The van der Waals surface area contributed by atoms with Gasteiger partial charge in [0.25, 0.3) is 0 Å². The molecule has 0 unspecified atom stereocenters. The molecule has 0 aliphatic carbocycles. The van der Waals surface area contributed by atoms with E-state index < -0.39 is 0 Å². The predicted octanol–water partition coefficient (Wildman–Crippen LogP) is 4.04. The van der Waals surface area contributed by atoms with Crippen molar-refractivity contribution in [2.24, 2.45) is 0 Å². The maximum atomic E-state index is 5.83. The van der Waals surface area contributed by atoms with Gasteiger partial charge in [-0.15, -0.1) is 0 Å². The zero-order valence-electron chi connectivity index (χ0n) is 11.2. The molecule has 0 aliphatic heterocycles. The van der Waals surface area contributed by atoms with Gasteiger partial charge in [0, 0.05) is 27.3 Å². The molecule has 5 heteroatoms. The van der Waals surface area contributed by atoms with Crippen molar-refractivity contribution in [2.75, 3.05) is 5.73 Å². The fourth-order valence-corrected chi connectivity index (χ4v) is 3.14. The number of nitrogen functional groups attached to an aromatic ring is 1. The van der Waals surface area contributed by atoms with E-state index in [1.54, 1.807) is 11.8 Å². The Hall–Kier alpha value is -1.07. The molecule has 0 radical (unpaired) electrons. The van der Waals surface area contributed by atoms with E-state index in [0.717, 1.165) is 43.6 Å². The van der Waals surface area contributed by atoms with Crippen LogP contribution in [0.3, 0.4) is 0 Å². The molecule has 0 saturated heterocycles. The molecule has 2 N–H and O–H groups in total. The van der Waals surface area contributed by atoms with E-state index in [4.69, 9.17) is 5.73 Å². The Morgan fingerprint density at radius 2 is 1.74 bits per heavy atom. The van der Waals surface area contributed by atoms with E-state index in [1.807, 2.05) is 32.9 Å². The van der Waals surface area contributed by atoms with Gasteiger partial charge in [-0.1, -0.05) is 27.7 Å². The molecule has 1 heterocycles. The minimum atomic E-state index is 0.766. The number of halogens is 1. The van der Waals surface area contributed by atoms with Gasteiger partial charge in [-0.3, -0.25) is 0 Å². The highest BCUT2D eigenvalue weighted by molar-refractivity contribution is 9.10. The van der Waals surface area contributed by atoms with Gasteiger partial charge >= 0.3 is 0 Å². The summed E-state index contributed by atoms with van der Waals surface area (Å²) in [6, 6.07) is 5.94. The molecular weight excluding hydrogens is 322 g/mol. The molecule has 2 aromatic rings. The van der Waals surface area contributed by atoms with Gasteiger partial charge < -0.3 is 5.73 Å². The highest BCUT2D eigenvalue weighted by atomic mass is 79.9. The number of nitrogens with zero attached hydrogens (tertiary/aromatic N) is 2. The molecule has 0 saturated carbocycles. The van der Waals surface area contributed by atoms with Crippen LogP contribution in [-0.2, 0) is 5.75 Å². The van der Waals surface area contributed by atoms with Crippen molar-refractivity contribution in [3.8, 4) is 0 Å². The molecule has 3 nitrogen and oxygen atoms in total. The summed E-state index contributed by atoms with van der Waals surface area (Å²) in [7, 11) is 0. The fourth-order valence-electron chi connectivity index (χ4n) is 1.71. The molecule has 100 valence electrons. The first-order valence-electron chi connectivity index (χ1n) is 5.95. The average Bonchev–Trinajstić information content (AvgIpc) is 2.32. The third-order valence-electron chi connectivity index (χ3n) is 2.96. The average molecular weight is 338 g/mol. The van der Waals surface area contributed by atoms with Crippen molar-refractivity contribution in [2.45, 2.75) is 31.7 Å². The predicted molar refractivity (Wildman–Crippen MR) is 84.4 cm³/mol. The topological polar surface area (TPSA) is 51.8 Å². The summed E-state index contributed by atoms with van der Waals surface area (Å²) in [5.74, 6) is 0.811. The number of anilines is 1. The number of rotatable bonds is 3. The second-order valence-corrected chi connectivity index (χ2v) is 6.34. The molecule has 0 amide bonds. The lowest BCUT2D eigenvalue weighted by Gasteiger charge is -2.07. The van der Waals surface area contributed by atoms with Crippen LogP contribution in [0.15, 0.2) is 27.8 Å². The number of thioether (sulfide) groups is 1. The van der Waals surface area contributed by atoms with Crippen LogP contribution in [0.5, 0.6) is 0 Å². The van der Waals surface area contributed by atoms with Gasteiger partial charge in [0.15, 0.2) is 5.16 Å². The van der Waals surface area contributed by atoms with Crippen LogP contribution in [0, 0.1) is 20.8 Å². The van der Waals surface area contributed by atoms with Crippen molar-refractivity contribution in [3.63, 3.8) is 0 Å². The Labute approximate surface area is 126 Å². The normalized spacial score (nSPS) is 10.7. The molecule has 0 aliphatic rings. The largest absolute Gasteiger partial charge is 0.399 e. The van der Waals surface area contributed by atoms with Crippen molar-refractivity contribution in [3.05, 3.63) is 45.2 Å². The van der Waals surface area contributed by atoms with Crippen LogP contribution in [0.1, 0.15) is 22.5 Å². The van der Waals surface area contributed by atoms with E-state index in [2.05, 4.69) is 32.0 Å². The van der Waals surface area contributed by atoms with E-state index in [-0.39, 0.29) is 0 Å². The number of hydrogen-bond acceptors (Lipinski definition) is 4. The van der Waals surface area contributed by atoms with Gasteiger partial charge in [-0.25, -0.2) is 9.97 Å². The second-order valence-electron chi connectivity index (χ2n) is 4.48. The smallest absolute Gasteiger partial charge is 0.188 e. The van der Waals surface area contributed by atoms with Crippen LogP contribution < -0.4 is 5.73 Å². The number of hydrogen-bond donors (Lipinski definition) is 1. The standard InChI is InChI=1S/C14H16BrN3S/c1-8-9(2)17-14(18-10(8)3)19-7-11-4-12(15)6-13(16)5-11/h4-6H,7,16H2,1-3H3. The molecule has 0 bridgehead atoms.